The summed E-state index contributed by atoms with van der Waals surface area (Å²) in [5.74, 6) is -0.709. The van der Waals surface area contributed by atoms with Crippen LogP contribution < -0.4 is 0 Å². The molecule has 0 radical (unpaired) electrons. The molecule has 0 spiro atoms. The smallest absolute Gasteiger partial charge is 0.410 e. The van der Waals surface area contributed by atoms with Crippen molar-refractivity contribution in [3.05, 3.63) is 35.9 Å². The second-order valence-corrected chi connectivity index (χ2v) is 6.12. The van der Waals surface area contributed by atoms with Gasteiger partial charge in [0.1, 0.15) is 18.8 Å². The molecule has 0 aromatic heterocycles. The summed E-state index contributed by atoms with van der Waals surface area (Å²) in [5.41, 5.74) is 0.988. The molecule has 6 heteroatoms. The average molecular weight is 307 g/mol. The van der Waals surface area contributed by atoms with E-state index in [1.54, 1.807) is 18.7 Å². The van der Waals surface area contributed by atoms with E-state index in [-0.39, 0.29) is 6.61 Å². The van der Waals surface area contributed by atoms with Crippen molar-refractivity contribution in [1.82, 2.24) is 4.90 Å². The minimum atomic E-state index is -0.850. The Bertz CT molecular complexity index is 533. The van der Waals surface area contributed by atoms with Crippen molar-refractivity contribution in [2.24, 2.45) is 0 Å². The summed E-state index contributed by atoms with van der Waals surface area (Å²) in [7, 11) is 0. The van der Waals surface area contributed by atoms with Gasteiger partial charge in [-0.05, 0) is 19.4 Å². The lowest BCUT2D eigenvalue weighted by molar-refractivity contribution is -0.155. The molecule has 0 bridgehead atoms. The zero-order chi connectivity index (χ0) is 15.7. The molecule has 1 amide bonds. The summed E-state index contributed by atoms with van der Waals surface area (Å²) in [5, 5.41) is 10.6. The van der Waals surface area contributed by atoms with Crippen LogP contribution in [0.4, 0.5) is 4.79 Å². The quantitative estimate of drug-likeness (QED) is 0.913. The van der Waals surface area contributed by atoms with Crippen LogP contribution in [0.2, 0.25) is 0 Å². The fraction of sp³-hybridized carbons (Fsp3) is 0.562. The Morgan fingerprint density at radius 2 is 2.05 bits per heavy atom. The SMILES string of the molecule is CC1(C)OC[C@H]([C@H](O)[C@H]2COC(=O)N2Cc2ccccc2)O1. The number of aliphatic hydroxyl groups is 1. The van der Waals surface area contributed by atoms with E-state index < -0.39 is 30.1 Å². The van der Waals surface area contributed by atoms with Crippen molar-refractivity contribution in [3.8, 4) is 0 Å². The molecule has 2 fully saturated rings. The highest BCUT2D eigenvalue weighted by molar-refractivity contribution is 5.70. The second-order valence-electron chi connectivity index (χ2n) is 6.12. The number of carbonyl (C=O) groups is 1. The third-order valence-electron chi connectivity index (χ3n) is 4.01. The van der Waals surface area contributed by atoms with E-state index in [2.05, 4.69) is 0 Å². The van der Waals surface area contributed by atoms with Gasteiger partial charge in [0.05, 0.1) is 12.6 Å². The molecule has 2 aliphatic heterocycles. The predicted octanol–water partition coefficient (Wildman–Crippen LogP) is 1.52. The lowest BCUT2D eigenvalue weighted by atomic mass is 10.1. The summed E-state index contributed by atoms with van der Waals surface area (Å²) in [4.78, 5) is 13.5. The van der Waals surface area contributed by atoms with Crippen molar-refractivity contribution in [2.45, 2.75) is 44.4 Å². The minimum Gasteiger partial charge on any atom is -0.447 e. The summed E-state index contributed by atoms with van der Waals surface area (Å²) in [6, 6.07) is 9.19. The van der Waals surface area contributed by atoms with Gasteiger partial charge in [-0.15, -0.1) is 0 Å². The van der Waals surface area contributed by atoms with E-state index in [0.717, 1.165) is 5.56 Å². The number of hydrogen-bond donors (Lipinski definition) is 1. The van der Waals surface area contributed by atoms with Gasteiger partial charge in [-0.1, -0.05) is 30.3 Å². The molecule has 120 valence electrons. The third-order valence-corrected chi connectivity index (χ3v) is 4.01. The molecule has 0 unspecified atom stereocenters. The highest BCUT2D eigenvalue weighted by Gasteiger charge is 2.45. The van der Waals surface area contributed by atoms with Gasteiger partial charge in [-0.2, -0.15) is 0 Å². The van der Waals surface area contributed by atoms with E-state index in [4.69, 9.17) is 14.2 Å². The fourth-order valence-corrected chi connectivity index (χ4v) is 2.84. The zero-order valence-corrected chi connectivity index (χ0v) is 12.8. The van der Waals surface area contributed by atoms with E-state index in [1.165, 1.54) is 0 Å². The first-order chi connectivity index (χ1) is 10.5. The van der Waals surface area contributed by atoms with Gasteiger partial charge in [0.2, 0.25) is 0 Å². The number of rotatable bonds is 4. The Morgan fingerprint density at radius 3 is 2.68 bits per heavy atom. The molecular formula is C16H21NO5. The largest absolute Gasteiger partial charge is 0.447 e. The van der Waals surface area contributed by atoms with Crippen molar-refractivity contribution in [2.75, 3.05) is 13.2 Å². The first kappa shape index (κ1) is 15.3. The Hall–Kier alpha value is -1.63. The molecule has 6 nitrogen and oxygen atoms in total. The predicted molar refractivity (Wildman–Crippen MR) is 78.0 cm³/mol. The van der Waals surface area contributed by atoms with Crippen LogP contribution in [0.5, 0.6) is 0 Å². The minimum absolute atomic E-state index is 0.160. The Kier molecular flexibility index (Phi) is 4.08. The summed E-state index contributed by atoms with van der Waals surface area (Å²) < 4.78 is 16.3. The van der Waals surface area contributed by atoms with E-state index in [9.17, 15) is 9.90 Å². The van der Waals surface area contributed by atoms with Crippen LogP contribution in [0.1, 0.15) is 19.4 Å². The molecule has 2 saturated heterocycles. The lowest BCUT2D eigenvalue weighted by Gasteiger charge is -2.29. The molecule has 2 aliphatic rings. The van der Waals surface area contributed by atoms with E-state index >= 15 is 0 Å². The summed E-state index contributed by atoms with van der Waals surface area (Å²) in [6.45, 7) is 4.47. The van der Waals surface area contributed by atoms with Crippen LogP contribution in [0.3, 0.4) is 0 Å². The van der Waals surface area contributed by atoms with Gasteiger partial charge in [0.15, 0.2) is 5.79 Å². The molecule has 1 aromatic carbocycles. The van der Waals surface area contributed by atoms with Crippen LogP contribution in [0, 0.1) is 0 Å². The number of aliphatic hydroxyl groups excluding tert-OH is 1. The first-order valence-corrected chi connectivity index (χ1v) is 7.43. The first-order valence-electron chi connectivity index (χ1n) is 7.43. The van der Waals surface area contributed by atoms with E-state index in [1.807, 2.05) is 30.3 Å². The molecule has 0 saturated carbocycles. The summed E-state index contributed by atoms with van der Waals surface area (Å²) >= 11 is 0. The van der Waals surface area contributed by atoms with Crippen molar-refractivity contribution < 1.29 is 24.1 Å². The van der Waals surface area contributed by atoms with Gasteiger partial charge in [0.25, 0.3) is 0 Å². The normalized spacial score (nSPS) is 28.7. The van der Waals surface area contributed by atoms with Crippen LogP contribution in [0.15, 0.2) is 30.3 Å². The lowest BCUT2D eigenvalue weighted by Crippen LogP contribution is -2.48. The molecular weight excluding hydrogens is 286 g/mol. The van der Waals surface area contributed by atoms with Crippen LogP contribution in [-0.2, 0) is 20.8 Å². The number of nitrogens with zero attached hydrogens (tertiary/aromatic N) is 1. The average Bonchev–Trinajstić information content (AvgIpc) is 3.03. The fourth-order valence-electron chi connectivity index (χ4n) is 2.84. The third kappa shape index (κ3) is 3.09. The summed E-state index contributed by atoms with van der Waals surface area (Å²) in [6.07, 6.45) is -1.73. The van der Waals surface area contributed by atoms with Crippen LogP contribution >= 0.6 is 0 Å². The van der Waals surface area contributed by atoms with Gasteiger partial charge in [-0.25, -0.2) is 4.79 Å². The van der Waals surface area contributed by atoms with Gasteiger partial charge in [-0.3, -0.25) is 4.90 Å². The maximum absolute atomic E-state index is 12.0. The highest BCUT2D eigenvalue weighted by atomic mass is 16.7. The van der Waals surface area contributed by atoms with E-state index in [0.29, 0.717) is 13.2 Å². The van der Waals surface area contributed by atoms with Gasteiger partial charge >= 0.3 is 6.09 Å². The van der Waals surface area contributed by atoms with Gasteiger partial charge < -0.3 is 19.3 Å². The zero-order valence-electron chi connectivity index (χ0n) is 12.8. The molecule has 3 atom stereocenters. The number of cyclic esters (lactones) is 1. The molecule has 22 heavy (non-hydrogen) atoms. The number of amides is 1. The van der Waals surface area contributed by atoms with Crippen LogP contribution in [0.25, 0.3) is 0 Å². The maximum Gasteiger partial charge on any atom is 0.410 e. The van der Waals surface area contributed by atoms with Gasteiger partial charge in [0, 0.05) is 6.54 Å². The number of benzene rings is 1. The molecule has 0 aliphatic carbocycles. The number of hydrogen-bond acceptors (Lipinski definition) is 5. The van der Waals surface area contributed by atoms with Crippen LogP contribution in [-0.4, -0.2) is 53.4 Å². The molecule has 3 rings (SSSR count). The molecule has 1 N–H and O–H groups in total. The second kappa shape index (κ2) is 5.87. The number of carbonyl (C=O) groups excluding carboxylic acids is 1. The van der Waals surface area contributed by atoms with Crippen molar-refractivity contribution >= 4 is 6.09 Å². The number of ether oxygens (including phenoxy) is 3. The monoisotopic (exact) mass is 307 g/mol. The molecule has 2 heterocycles. The molecule has 1 aromatic rings. The topological polar surface area (TPSA) is 68.2 Å². The highest BCUT2D eigenvalue weighted by Crippen LogP contribution is 2.28. The Morgan fingerprint density at radius 1 is 1.32 bits per heavy atom. The maximum atomic E-state index is 12.0. The Labute approximate surface area is 129 Å². The van der Waals surface area contributed by atoms with Crippen molar-refractivity contribution in [1.29, 1.82) is 0 Å². The Balaban J connectivity index is 1.70. The van der Waals surface area contributed by atoms with Crippen molar-refractivity contribution in [3.63, 3.8) is 0 Å². The standard InChI is InChI=1S/C16H21NO5/c1-16(2)21-10-13(22-16)14(18)12-9-20-15(19)17(12)8-11-6-4-3-5-7-11/h3-7,12-14,18H,8-10H2,1-2H3/t12-,13-,14-/m1/s1.